The molecule has 13 heavy (non-hydrogen) atoms. The minimum Gasteiger partial charge on any atom is -0.497 e. The summed E-state index contributed by atoms with van der Waals surface area (Å²) in [6.45, 7) is 0. The first-order valence-corrected chi connectivity index (χ1v) is 3.98. The lowest BCUT2D eigenvalue weighted by molar-refractivity contribution is 0.232. The van der Waals surface area contributed by atoms with Crippen LogP contribution in [0.2, 0.25) is 0 Å². The molecule has 3 N–H and O–H groups in total. The average Bonchev–Trinajstić information content (AvgIpc) is 2.15. The number of aliphatic hydroxyl groups excluding tert-OH is 1. The van der Waals surface area contributed by atoms with Crippen LogP contribution < -0.4 is 10.5 Å². The molecule has 0 saturated heterocycles. The minimum absolute atomic E-state index is 0.811. The third-order valence-corrected chi connectivity index (χ3v) is 1.60. The maximum atomic E-state index is 8.78. The molecule has 1 unspecified atom stereocenters. The van der Waals surface area contributed by atoms with Crippen LogP contribution in [0.3, 0.4) is 0 Å². The molecule has 0 fully saturated rings. The van der Waals surface area contributed by atoms with Gasteiger partial charge in [-0.25, -0.2) is 0 Å². The highest BCUT2D eigenvalue weighted by Gasteiger charge is 1.90. The molecule has 3 heteroatoms. The number of methoxy groups -OCH3 is 1. The standard InChI is InChI=1S/C10H13NO2/c1-13-9-5-2-8(3-6-9)4-7-10(11)12/h2-7,10,12H,11H2,1H3. The van der Waals surface area contributed by atoms with Crippen molar-refractivity contribution in [1.29, 1.82) is 0 Å². The van der Waals surface area contributed by atoms with Crippen molar-refractivity contribution < 1.29 is 9.84 Å². The van der Waals surface area contributed by atoms with Crippen molar-refractivity contribution in [3.8, 4) is 5.75 Å². The van der Waals surface area contributed by atoms with E-state index in [-0.39, 0.29) is 0 Å². The Hall–Kier alpha value is -1.32. The van der Waals surface area contributed by atoms with Crippen LogP contribution in [0.1, 0.15) is 5.56 Å². The summed E-state index contributed by atoms with van der Waals surface area (Å²) in [7, 11) is 1.62. The lowest BCUT2D eigenvalue weighted by Crippen LogP contribution is -2.14. The van der Waals surface area contributed by atoms with Crippen LogP contribution in [0.4, 0.5) is 0 Å². The fourth-order valence-corrected chi connectivity index (χ4v) is 0.925. The summed E-state index contributed by atoms with van der Waals surface area (Å²) >= 11 is 0. The highest BCUT2D eigenvalue weighted by atomic mass is 16.5. The molecule has 0 aliphatic rings. The molecule has 0 aromatic heterocycles. The maximum absolute atomic E-state index is 8.78. The molecule has 70 valence electrons. The SMILES string of the molecule is COc1ccc(C=CC(N)O)cc1. The molecule has 1 aromatic rings. The Labute approximate surface area is 77.4 Å². The van der Waals surface area contributed by atoms with E-state index in [1.54, 1.807) is 13.2 Å². The van der Waals surface area contributed by atoms with Gasteiger partial charge in [0, 0.05) is 0 Å². The van der Waals surface area contributed by atoms with Gasteiger partial charge in [0.2, 0.25) is 0 Å². The number of rotatable bonds is 3. The van der Waals surface area contributed by atoms with Crippen molar-refractivity contribution >= 4 is 6.08 Å². The van der Waals surface area contributed by atoms with Gasteiger partial charge in [0.15, 0.2) is 0 Å². The van der Waals surface area contributed by atoms with E-state index in [4.69, 9.17) is 15.6 Å². The molecule has 0 amide bonds. The van der Waals surface area contributed by atoms with E-state index < -0.39 is 6.23 Å². The summed E-state index contributed by atoms with van der Waals surface area (Å²) in [4.78, 5) is 0. The zero-order valence-corrected chi connectivity index (χ0v) is 7.47. The summed E-state index contributed by atoms with van der Waals surface area (Å²) in [5, 5.41) is 8.78. The van der Waals surface area contributed by atoms with Gasteiger partial charge in [0.1, 0.15) is 12.0 Å². The van der Waals surface area contributed by atoms with Crippen LogP contribution >= 0.6 is 0 Å². The van der Waals surface area contributed by atoms with E-state index in [0.717, 1.165) is 11.3 Å². The van der Waals surface area contributed by atoms with Gasteiger partial charge in [-0.05, 0) is 23.8 Å². The van der Waals surface area contributed by atoms with Crippen LogP contribution in [0.15, 0.2) is 30.3 Å². The molecule has 0 radical (unpaired) electrons. The van der Waals surface area contributed by atoms with Crippen LogP contribution in [0.5, 0.6) is 5.75 Å². The van der Waals surface area contributed by atoms with E-state index in [2.05, 4.69) is 0 Å². The molecule has 0 bridgehead atoms. The van der Waals surface area contributed by atoms with Crippen molar-refractivity contribution in [3.63, 3.8) is 0 Å². The third-order valence-electron chi connectivity index (χ3n) is 1.60. The zero-order valence-electron chi connectivity index (χ0n) is 7.47. The zero-order chi connectivity index (χ0) is 9.68. The predicted octanol–water partition coefficient (Wildman–Crippen LogP) is 0.986. The summed E-state index contributed by atoms with van der Waals surface area (Å²) in [6.07, 6.45) is 2.37. The first kappa shape index (κ1) is 9.77. The van der Waals surface area contributed by atoms with Crippen LogP contribution in [-0.4, -0.2) is 18.4 Å². The van der Waals surface area contributed by atoms with Gasteiger partial charge < -0.3 is 15.6 Å². The monoisotopic (exact) mass is 179 g/mol. The summed E-state index contributed by atoms with van der Waals surface area (Å²) in [5.74, 6) is 0.811. The fourth-order valence-electron chi connectivity index (χ4n) is 0.925. The Bertz CT molecular complexity index is 277. The Morgan fingerprint density at radius 1 is 1.38 bits per heavy atom. The van der Waals surface area contributed by atoms with E-state index >= 15 is 0 Å². The highest BCUT2D eigenvalue weighted by molar-refractivity contribution is 5.50. The molecule has 3 nitrogen and oxygen atoms in total. The van der Waals surface area contributed by atoms with Crippen molar-refractivity contribution in [3.05, 3.63) is 35.9 Å². The van der Waals surface area contributed by atoms with E-state index in [1.165, 1.54) is 6.08 Å². The molecule has 0 aliphatic heterocycles. The molecule has 1 aromatic carbocycles. The molecular weight excluding hydrogens is 166 g/mol. The normalized spacial score (nSPS) is 13.2. The second-order valence-electron chi connectivity index (χ2n) is 2.62. The molecule has 0 aliphatic carbocycles. The van der Waals surface area contributed by atoms with Gasteiger partial charge in [-0.15, -0.1) is 0 Å². The van der Waals surface area contributed by atoms with Gasteiger partial charge >= 0.3 is 0 Å². The summed E-state index contributed by atoms with van der Waals surface area (Å²) in [5.41, 5.74) is 6.12. The van der Waals surface area contributed by atoms with Crippen LogP contribution in [0.25, 0.3) is 6.08 Å². The average molecular weight is 179 g/mol. The lowest BCUT2D eigenvalue weighted by Gasteiger charge is -1.99. The smallest absolute Gasteiger partial charge is 0.121 e. The Morgan fingerprint density at radius 3 is 2.46 bits per heavy atom. The topological polar surface area (TPSA) is 55.5 Å². The molecule has 0 spiro atoms. The van der Waals surface area contributed by atoms with Crippen LogP contribution in [-0.2, 0) is 0 Å². The fraction of sp³-hybridized carbons (Fsp3) is 0.200. The van der Waals surface area contributed by atoms with Crippen molar-refractivity contribution in [2.24, 2.45) is 5.73 Å². The van der Waals surface area contributed by atoms with Crippen molar-refractivity contribution in [2.75, 3.05) is 7.11 Å². The minimum atomic E-state index is -0.901. The van der Waals surface area contributed by atoms with Gasteiger partial charge in [0.25, 0.3) is 0 Å². The molecule has 0 saturated carbocycles. The second-order valence-corrected chi connectivity index (χ2v) is 2.62. The van der Waals surface area contributed by atoms with E-state index in [0.29, 0.717) is 0 Å². The molecule has 1 rings (SSSR count). The van der Waals surface area contributed by atoms with Gasteiger partial charge in [0.05, 0.1) is 7.11 Å². The quantitative estimate of drug-likeness (QED) is 0.680. The van der Waals surface area contributed by atoms with Crippen molar-refractivity contribution in [1.82, 2.24) is 0 Å². The van der Waals surface area contributed by atoms with Gasteiger partial charge in [-0.1, -0.05) is 18.2 Å². The maximum Gasteiger partial charge on any atom is 0.121 e. The van der Waals surface area contributed by atoms with E-state index in [9.17, 15) is 0 Å². The highest BCUT2D eigenvalue weighted by Crippen LogP contribution is 2.12. The van der Waals surface area contributed by atoms with Crippen molar-refractivity contribution in [2.45, 2.75) is 6.23 Å². The Balaban J connectivity index is 2.69. The van der Waals surface area contributed by atoms with Crippen LogP contribution in [0, 0.1) is 0 Å². The predicted molar refractivity (Wildman–Crippen MR) is 52.2 cm³/mol. The number of aliphatic hydroxyl groups is 1. The summed E-state index contributed by atoms with van der Waals surface area (Å²) in [6, 6.07) is 7.47. The largest absolute Gasteiger partial charge is 0.497 e. The first-order valence-electron chi connectivity index (χ1n) is 3.98. The third kappa shape index (κ3) is 3.27. The number of nitrogens with two attached hydrogens (primary N) is 1. The number of benzene rings is 1. The van der Waals surface area contributed by atoms with E-state index in [1.807, 2.05) is 24.3 Å². The first-order chi connectivity index (χ1) is 6.22. The lowest BCUT2D eigenvalue weighted by atomic mass is 10.2. The molecule has 0 heterocycles. The molecule has 1 atom stereocenters. The number of hydrogen-bond donors (Lipinski definition) is 2. The Morgan fingerprint density at radius 2 is 2.00 bits per heavy atom. The Kier molecular flexibility index (Phi) is 3.49. The number of ether oxygens (including phenoxy) is 1. The van der Waals surface area contributed by atoms with Gasteiger partial charge in [-0.3, -0.25) is 0 Å². The summed E-state index contributed by atoms with van der Waals surface area (Å²) < 4.78 is 5.00. The number of hydrogen-bond acceptors (Lipinski definition) is 3. The second kappa shape index (κ2) is 4.64. The van der Waals surface area contributed by atoms with Gasteiger partial charge in [-0.2, -0.15) is 0 Å². The molecular formula is C10H13NO2.